The van der Waals surface area contributed by atoms with Crippen LogP contribution in [0.3, 0.4) is 0 Å². The van der Waals surface area contributed by atoms with Crippen molar-refractivity contribution >= 4 is 34.2 Å². The lowest BCUT2D eigenvalue weighted by molar-refractivity contribution is 0.0692. The summed E-state index contributed by atoms with van der Waals surface area (Å²) in [6, 6.07) is -0.419. The lowest BCUT2D eigenvalue weighted by Gasteiger charge is -2.35. The molecule has 1 aliphatic carbocycles. The molecule has 1 aromatic carbocycles. The van der Waals surface area contributed by atoms with Gasteiger partial charge in [0.2, 0.25) is 5.43 Å². The van der Waals surface area contributed by atoms with Crippen molar-refractivity contribution in [3.8, 4) is 0 Å². The molecule has 0 spiro atoms. The topological polar surface area (TPSA) is 65.8 Å². The third-order valence-corrected chi connectivity index (χ3v) is 5.72. The molecule has 4 rings (SSSR count). The second-order valence-electron chi connectivity index (χ2n) is 7.27. The van der Waals surface area contributed by atoms with Gasteiger partial charge in [-0.15, -0.1) is 0 Å². The fourth-order valence-corrected chi connectivity index (χ4v) is 4.06. The number of rotatable bonds is 3. The molecule has 150 valence electrons. The van der Waals surface area contributed by atoms with Crippen molar-refractivity contribution in [3.05, 3.63) is 38.9 Å². The van der Waals surface area contributed by atoms with Gasteiger partial charge < -0.3 is 19.5 Å². The quantitative estimate of drug-likeness (QED) is 0.835. The number of halogens is 4. The summed E-state index contributed by atoms with van der Waals surface area (Å²) in [4.78, 5) is 27.7. The van der Waals surface area contributed by atoms with Crippen molar-refractivity contribution in [1.82, 2.24) is 9.47 Å². The Balaban J connectivity index is 1.98. The molecule has 0 radical (unpaired) electrons. The Morgan fingerprint density at radius 1 is 1.29 bits per heavy atom. The minimum absolute atomic E-state index is 0.0439. The Morgan fingerprint density at radius 2 is 1.89 bits per heavy atom. The van der Waals surface area contributed by atoms with Crippen LogP contribution in [0.2, 0.25) is 5.02 Å². The zero-order chi connectivity index (χ0) is 20.4. The largest absolute Gasteiger partial charge is 0.477 e. The number of fused-ring (bicyclic) bond motifs is 1. The molecule has 28 heavy (non-hydrogen) atoms. The molecule has 2 aliphatic rings. The standard InChI is InChI=1S/C18H17ClF3N3O3/c1-23-2-4-24(5-3-23)15-11(20)6-9-14(13(15)19)25(12-7-18(12,21)22)8-10(16(9)26)17(27)28/h6,8,12H,2-5,7H2,1H3,(H,27,28). The zero-order valence-electron chi connectivity index (χ0n) is 14.9. The maximum absolute atomic E-state index is 14.9. The van der Waals surface area contributed by atoms with Gasteiger partial charge in [0.1, 0.15) is 17.4 Å². The van der Waals surface area contributed by atoms with E-state index in [-0.39, 0.29) is 21.6 Å². The molecule has 1 atom stereocenters. The van der Waals surface area contributed by atoms with E-state index in [0.717, 1.165) is 16.8 Å². The Bertz CT molecular complexity index is 1050. The van der Waals surface area contributed by atoms with Crippen LogP contribution < -0.4 is 10.3 Å². The highest BCUT2D eigenvalue weighted by atomic mass is 35.5. The van der Waals surface area contributed by atoms with Gasteiger partial charge in [0.05, 0.1) is 21.6 Å². The number of alkyl halides is 2. The van der Waals surface area contributed by atoms with Crippen LogP contribution in [-0.4, -0.2) is 59.7 Å². The number of benzene rings is 1. The number of likely N-dealkylation sites (N-methyl/N-ethyl adjacent to an activating group) is 1. The second kappa shape index (κ2) is 6.38. The lowest BCUT2D eigenvalue weighted by Crippen LogP contribution is -2.45. The summed E-state index contributed by atoms with van der Waals surface area (Å²) in [5.74, 6) is -5.39. The highest BCUT2D eigenvalue weighted by Crippen LogP contribution is 2.54. The Kier molecular flexibility index (Phi) is 4.35. The average molecular weight is 416 g/mol. The van der Waals surface area contributed by atoms with E-state index in [2.05, 4.69) is 4.90 Å². The van der Waals surface area contributed by atoms with E-state index >= 15 is 0 Å². The van der Waals surface area contributed by atoms with Crippen molar-refractivity contribution in [3.63, 3.8) is 0 Å². The van der Waals surface area contributed by atoms with E-state index < -0.39 is 41.2 Å². The smallest absolute Gasteiger partial charge is 0.341 e. The Labute approximate surface area is 162 Å². The van der Waals surface area contributed by atoms with Gasteiger partial charge in [-0.05, 0) is 13.1 Å². The van der Waals surface area contributed by atoms with Crippen LogP contribution in [0, 0.1) is 5.82 Å². The fraction of sp³-hybridized carbons (Fsp3) is 0.444. The zero-order valence-corrected chi connectivity index (χ0v) is 15.6. The summed E-state index contributed by atoms with van der Waals surface area (Å²) in [6.45, 7) is 2.30. The molecule has 0 bridgehead atoms. The molecular weight excluding hydrogens is 399 g/mol. The van der Waals surface area contributed by atoms with E-state index in [0.29, 0.717) is 26.2 Å². The molecule has 10 heteroatoms. The van der Waals surface area contributed by atoms with Crippen LogP contribution in [0.25, 0.3) is 10.9 Å². The van der Waals surface area contributed by atoms with E-state index in [1.165, 1.54) is 0 Å². The molecule has 1 saturated carbocycles. The minimum atomic E-state index is -3.04. The van der Waals surface area contributed by atoms with Crippen LogP contribution >= 0.6 is 11.6 Å². The Morgan fingerprint density at radius 3 is 2.43 bits per heavy atom. The number of carboxylic acids is 1. The fourth-order valence-electron chi connectivity index (χ4n) is 3.65. The van der Waals surface area contributed by atoms with Gasteiger partial charge in [0.15, 0.2) is 0 Å². The van der Waals surface area contributed by atoms with E-state index in [4.69, 9.17) is 11.6 Å². The molecule has 1 N–H and O–H groups in total. The van der Waals surface area contributed by atoms with Crippen molar-refractivity contribution in [2.75, 3.05) is 38.1 Å². The minimum Gasteiger partial charge on any atom is -0.477 e. The number of piperazine rings is 1. The molecule has 6 nitrogen and oxygen atoms in total. The first kappa shape index (κ1) is 19.1. The van der Waals surface area contributed by atoms with E-state index in [1.807, 2.05) is 7.05 Å². The van der Waals surface area contributed by atoms with Crippen LogP contribution in [0.1, 0.15) is 22.8 Å². The monoisotopic (exact) mass is 415 g/mol. The first-order valence-electron chi connectivity index (χ1n) is 8.73. The number of pyridine rings is 1. The summed E-state index contributed by atoms with van der Waals surface area (Å²) in [6.07, 6.45) is 0.387. The summed E-state index contributed by atoms with van der Waals surface area (Å²) in [5.41, 5.74) is -1.66. The molecule has 2 heterocycles. The van der Waals surface area contributed by atoms with Crippen molar-refractivity contribution in [2.45, 2.75) is 18.4 Å². The number of anilines is 1. The molecule has 2 aromatic rings. The Hall–Kier alpha value is -2.26. The molecule has 2 fully saturated rings. The SMILES string of the molecule is CN1CCN(c2c(F)cc3c(=O)c(C(=O)O)cn(C4CC4(F)F)c3c2Cl)CC1. The summed E-state index contributed by atoms with van der Waals surface area (Å²) in [7, 11) is 1.93. The second-order valence-corrected chi connectivity index (χ2v) is 7.65. The molecule has 1 aliphatic heterocycles. The molecule has 1 saturated heterocycles. The first-order valence-corrected chi connectivity index (χ1v) is 9.11. The number of nitrogens with zero attached hydrogens (tertiary/aromatic N) is 3. The van der Waals surface area contributed by atoms with Gasteiger partial charge in [-0.3, -0.25) is 4.79 Å². The number of aromatic nitrogens is 1. The summed E-state index contributed by atoms with van der Waals surface area (Å²) in [5, 5.41) is 8.79. The number of hydrogen-bond donors (Lipinski definition) is 1. The third kappa shape index (κ3) is 2.93. The van der Waals surface area contributed by atoms with Gasteiger partial charge in [0, 0.05) is 38.8 Å². The summed E-state index contributed by atoms with van der Waals surface area (Å²) >= 11 is 6.44. The average Bonchev–Trinajstić information content (AvgIpc) is 3.25. The van der Waals surface area contributed by atoms with Crippen LogP contribution in [-0.2, 0) is 0 Å². The van der Waals surface area contributed by atoms with Crippen molar-refractivity contribution < 1.29 is 23.1 Å². The molecule has 1 unspecified atom stereocenters. The highest BCUT2D eigenvalue weighted by Gasteiger charge is 2.58. The van der Waals surface area contributed by atoms with Gasteiger partial charge in [-0.2, -0.15) is 0 Å². The highest BCUT2D eigenvalue weighted by molar-refractivity contribution is 6.38. The lowest BCUT2D eigenvalue weighted by atomic mass is 10.1. The predicted octanol–water partition coefficient (Wildman–Crippen LogP) is 2.82. The number of hydrogen-bond acceptors (Lipinski definition) is 4. The van der Waals surface area contributed by atoms with E-state index in [9.17, 15) is 27.9 Å². The number of carbonyl (C=O) groups is 1. The normalized spacial score (nSPS) is 21.9. The van der Waals surface area contributed by atoms with Crippen molar-refractivity contribution in [2.24, 2.45) is 0 Å². The van der Waals surface area contributed by atoms with Crippen LogP contribution in [0.4, 0.5) is 18.9 Å². The first-order chi connectivity index (χ1) is 13.1. The summed E-state index contributed by atoms with van der Waals surface area (Å²) < 4.78 is 43.5. The predicted molar refractivity (Wildman–Crippen MR) is 98.4 cm³/mol. The van der Waals surface area contributed by atoms with Crippen LogP contribution in [0.5, 0.6) is 0 Å². The molecule has 0 amide bonds. The molecule has 1 aromatic heterocycles. The maximum Gasteiger partial charge on any atom is 0.341 e. The molecular formula is C18H17ClF3N3O3. The maximum atomic E-state index is 14.9. The third-order valence-electron chi connectivity index (χ3n) is 5.36. The van der Waals surface area contributed by atoms with Crippen molar-refractivity contribution in [1.29, 1.82) is 0 Å². The van der Waals surface area contributed by atoms with Gasteiger partial charge in [0.25, 0.3) is 5.92 Å². The van der Waals surface area contributed by atoms with Gasteiger partial charge in [-0.25, -0.2) is 18.0 Å². The van der Waals surface area contributed by atoms with E-state index in [1.54, 1.807) is 4.90 Å². The van der Waals surface area contributed by atoms with Gasteiger partial charge in [-0.1, -0.05) is 11.6 Å². The van der Waals surface area contributed by atoms with Gasteiger partial charge >= 0.3 is 5.97 Å². The number of carboxylic acid groups (broad SMARTS) is 1. The van der Waals surface area contributed by atoms with Crippen LogP contribution in [0.15, 0.2) is 17.1 Å². The number of aromatic carboxylic acids is 1.